The third-order valence-corrected chi connectivity index (χ3v) is 5.54. The fourth-order valence-corrected chi connectivity index (χ4v) is 3.81. The van der Waals surface area contributed by atoms with Gasteiger partial charge in [-0.25, -0.2) is 8.42 Å². The number of amides is 1. The minimum atomic E-state index is -3.71. The van der Waals surface area contributed by atoms with Crippen LogP contribution in [-0.4, -0.2) is 89.9 Å². The maximum atomic E-state index is 12.9. The van der Waals surface area contributed by atoms with E-state index in [-0.39, 0.29) is 25.6 Å². The number of carboxylic acids is 1. The van der Waals surface area contributed by atoms with Crippen LogP contribution in [0.25, 0.3) is 10.9 Å². The second-order valence-corrected chi connectivity index (χ2v) is 8.32. The van der Waals surface area contributed by atoms with E-state index < -0.39 is 28.6 Å². The van der Waals surface area contributed by atoms with Crippen LogP contribution in [0.15, 0.2) is 24.4 Å². The summed E-state index contributed by atoms with van der Waals surface area (Å²) >= 11 is 0. The largest absolute Gasteiger partial charge is 0.480 e. The highest BCUT2D eigenvalue weighted by atomic mass is 32.2. The van der Waals surface area contributed by atoms with Crippen LogP contribution in [-0.2, 0) is 19.6 Å². The van der Waals surface area contributed by atoms with E-state index in [1.165, 1.54) is 0 Å². The molecule has 3 rings (SSSR count). The van der Waals surface area contributed by atoms with E-state index in [0.29, 0.717) is 17.6 Å². The number of nitrogens with one attached hydrogen (secondary N) is 1. The maximum absolute atomic E-state index is 12.9. The number of nitrogens with zero attached hydrogens (tertiary/aromatic N) is 3. The molecule has 2 N–H and O–H groups in total. The van der Waals surface area contributed by atoms with Crippen molar-refractivity contribution in [3.8, 4) is 0 Å². The number of morpholine rings is 1. The predicted octanol–water partition coefficient (Wildman–Crippen LogP) is -0.250. The number of aliphatic carboxylic acids is 1. The van der Waals surface area contributed by atoms with Crippen LogP contribution in [0.1, 0.15) is 10.4 Å². The van der Waals surface area contributed by atoms with Gasteiger partial charge in [-0.2, -0.15) is 9.40 Å². The summed E-state index contributed by atoms with van der Waals surface area (Å²) in [6.45, 7) is -0.0318. The van der Waals surface area contributed by atoms with Gasteiger partial charge in [0.05, 0.1) is 36.2 Å². The topological polar surface area (TPSA) is 133 Å². The number of benzene rings is 1. The number of carbonyl (C=O) groups is 2. The Morgan fingerprint density at radius 3 is 2.93 bits per heavy atom. The first-order valence-corrected chi connectivity index (χ1v) is 10.1. The Bertz CT molecular complexity index is 957. The molecule has 1 aromatic heterocycles. The van der Waals surface area contributed by atoms with Gasteiger partial charge in [0, 0.05) is 25.0 Å². The molecule has 1 aliphatic heterocycles. The van der Waals surface area contributed by atoms with Gasteiger partial charge < -0.3 is 14.7 Å². The summed E-state index contributed by atoms with van der Waals surface area (Å²) in [6, 6.07) is 5.30. The third kappa shape index (κ3) is 4.43. The van der Waals surface area contributed by atoms with Crippen molar-refractivity contribution >= 4 is 32.8 Å². The molecule has 2 aromatic rings. The molecule has 1 amide bonds. The second-order valence-electron chi connectivity index (χ2n) is 6.33. The van der Waals surface area contributed by atoms with Crippen LogP contribution < -0.4 is 0 Å². The number of H-pyrrole nitrogens is 1. The number of hydrogen-bond acceptors (Lipinski definition) is 6. The van der Waals surface area contributed by atoms with Gasteiger partial charge >= 0.3 is 5.97 Å². The fourth-order valence-electron chi connectivity index (χ4n) is 3.03. The summed E-state index contributed by atoms with van der Waals surface area (Å²) in [5.74, 6) is -1.47. The molecule has 0 spiro atoms. The zero-order valence-corrected chi connectivity index (χ0v) is 15.5. The lowest BCUT2D eigenvalue weighted by atomic mass is 10.1. The summed E-state index contributed by atoms with van der Waals surface area (Å²) in [7, 11) is -3.71. The van der Waals surface area contributed by atoms with E-state index in [4.69, 9.17) is 9.84 Å². The Hall–Kier alpha value is -2.50. The van der Waals surface area contributed by atoms with Crippen LogP contribution in [0.3, 0.4) is 0 Å². The smallest absolute Gasteiger partial charge is 0.318 e. The molecule has 1 atom stereocenters. The molecule has 0 aliphatic carbocycles. The maximum Gasteiger partial charge on any atom is 0.318 e. The van der Waals surface area contributed by atoms with Crippen LogP contribution in [0, 0.1) is 0 Å². The van der Waals surface area contributed by atoms with Gasteiger partial charge in [-0.05, 0) is 6.07 Å². The van der Waals surface area contributed by atoms with E-state index >= 15 is 0 Å². The molecule has 2 heterocycles. The van der Waals surface area contributed by atoms with Crippen molar-refractivity contribution in [3.05, 3.63) is 30.0 Å². The highest BCUT2D eigenvalue weighted by Crippen LogP contribution is 2.19. The summed E-state index contributed by atoms with van der Waals surface area (Å²) in [5, 5.41) is 16.5. The lowest BCUT2D eigenvalue weighted by Gasteiger charge is -2.35. The van der Waals surface area contributed by atoms with Crippen LogP contribution in [0.4, 0.5) is 0 Å². The molecular formula is C16H20N4O6S. The van der Waals surface area contributed by atoms with E-state index in [1.54, 1.807) is 23.2 Å². The van der Waals surface area contributed by atoms with Gasteiger partial charge in [0.15, 0.2) is 0 Å². The van der Waals surface area contributed by atoms with Crippen molar-refractivity contribution < 1.29 is 27.9 Å². The van der Waals surface area contributed by atoms with E-state index in [9.17, 15) is 18.0 Å². The number of carboxylic acid groups (broad SMARTS) is 1. The Labute approximate surface area is 155 Å². The molecule has 1 saturated heterocycles. The number of aromatic amines is 1. The van der Waals surface area contributed by atoms with Crippen molar-refractivity contribution in [2.75, 3.05) is 39.0 Å². The molecule has 10 nitrogen and oxygen atoms in total. The quantitative estimate of drug-likeness (QED) is 0.688. The van der Waals surface area contributed by atoms with Gasteiger partial charge in [-0.3, -0.25) is 14.7 Å². The van der Waals surface area contributed by atoms with Crippen molar-refractivity contribution in [2.24, 2.45) is 0 Å². The molecule has 0 radical (unpaired) electrons. The molecule has 1 unspecified atom stereocenters. The van der Waals surface area contributed by atoms with Crippen molar-refractivity contribution in [2.45, 2.75) is 6.10 Å². The zero-order chi connectivity index (χ0) is 19.6. The molecule has 146 valence electrons. The minimum absolute atomic E-state index is 0.136. The number of carbonyl (C=O) groups excluding carboxylic acids is 1. The van der Waals surface area contributed by atoms with Gasteiger partial charge in [-0.1, -0.05) is 12.1 Å². The SMILES string of the molecule is CS(=O)(=O)N(CC(=O)O)CC1CN(C(=O)c2cccc3cn[nH]c23)CCO1. The molecule has 27 heavy (non-hydrogen) atoms. The molecule has 1 aliphatic rings. The molecule has 1 aromatic carbocycles. The predicted molar refractivity (Wildman–Crippen MR) is 95.8 cm³/mol. The molecule has 0 saturated carbocycles. The zero-order valence-electron chi connectivity index (χ0n) is 14.7. The third-order valence-electron chi connectivity index (χ3n) is 4.32. The van der Waals surface area contributed by atoms with Gasteiger partial charge in [0.25, 0.3) is 5.91 Å². The van der Waals surface area contributed by atoms with Gasteiger partial charge in [-0.15, -0.1) is 0 Å². The first kappa shape index (κ1) is 19.3. The highest BCUT2D eigenvalue weighted by Gasteiger charge is 2.30. The summed E-state index contributed by atoms with van der Waals surface area (Å²) < 4.78 is 30.0. The van der Waals surface area contributed by atoms with Crippen LogP contribution in [0.2, 0.25) is 0 Å². The molecule has 0 bridgehead atoms. The van der Waals surface area contributed by atoms with E-state index in [0.717, 1.165) is 15.9 Å². The minimum Gasteiger partial charge on any atom is -0.480 e. The Balaban J connectivity index is 1.74. The number of fused-ring (bicyclic) bond motifs is 1. The normalized spacial score (nSPS) is 18.1. The second kappa shape index (κ2) is 7.62. The Morgan fingerprint density at radius 1 is 1.44 bits per heavy atom. The lowest BCUT2D eigenvalue weighted by molar-refractivity contribution is -0.137. The first-order valence-electron chi connectivity index (χ1n) is 8.25. The number of hydrogen-bond donors (Lipinski definition) is 2. The number of ether oxygens (including phenoxy) is 1. The van der Waals surface area contributed by atoms with Crippen molar-refractivity contribution in [1.82, 2.24) is 19.4 Å². The first-order chi connectivity index (χ1) is 12.8. The average molecular weight is 396 g/mol. The fraction of sp³-hybridized carbons (Fsp3) is 0.438. The monoisotopic (exact) mass is 396 g/mol. The number of sulfonamides is 1. The van der Waals surface area contributed by atoms with Crippen molar-refractivity contribution in [3.63, 3.8) is 0 Å². The summed E-state index contributed by atoms with van der Waals surface area (Å²) in [5.41, 5.74) is 1.10. The van der Waals surface area contributed by atoms with Crippen molar-refractivity contribution in [1.29, 1.82) is 0 Å². The average Bonchev–Trinajstić information content (AvgIpc) is 3.08. The molecule has 1 fully saturated rings. The van der Waals surface area contributed by atoms with Gasteiger partial charge in [0.2, 0.25) is 10.0 Å². The standard InChI is InChI=1S/C16H20N4O6S/c1-27(24,25)20(10-14(21)22)9-12-8-19(5-6-26-12)16(23)13-4-2-3-11-7-17-18-15(11)13/h2-4,7,12H,5-6,8-10H2,1H3,(H,17,18)(H,21,22). The summed E-state index contributed by atoms with van der Waals surface area (Å²) in [6.07, 6.45) is 1.96. The van der Waals surface area contributed by atoms with Crippen LogP contribution >= 0.6 is 0 Å². The molecule has 11 heteroatoms. The Morgan fingerprint density at radius 2 is 2.22 bits per heavy atom. The summed E-state index contributed by atoms with van der Waals surface area (Å²) in [4.78, 5) is 25.4. The van der Waals surface area contributed by atoms with E-state index in [1.807, 2.05) is 6.07 Å². The van der Waals surface area contributed by atoms with Crippen LogP contribution in [0.5, 0.6) is 0 Å². The van der Waals surface area contributed by atoms with E-state index in [2.05, 4.69) is 10.2 Å². The lowest BCUT2D eigenvalue weighted by Crippen LogP contribution is -2.51. The Kier molecular flexibility index (Phi) is 5.44. The number of rotatable bonds is 6. The number of aromatic nitrogens is 2. The highest BCUT2D eigenvalue weighted by molar-refractivity contribution is 7.88. The molecular weight excluding hydrogens is 376 g/mol. The number of para-hydroxylation sites is 1. The van der Waals surface area contributed by atoms with Gasteiger partial charge in [0.1, 0.15) is 6.54 Å².